The van der Waals surface area contributed by atoms with Crippen molar-refractivity contribution in [2.75, 3.05) is 24.3 Å². The number of nitriles is 1. The molecule has 0 aliphatic heterocycles. The van der Waals surface area contributed by atoms with E-state index >= 15 is 0 Å². The molecule has 0 saturated heterocycles. The number of hydrogen-bond acceptors (Lipinski definition) is 3. The van der Waals surface area contributed by atoms with Gasteiger partial charge in [0, 0.05) is 31.0 Å². The third-order valence-corrected chi connectivity index (χ3v) is 3.22. The van der Waals surface area contributed by atoms with Crippen LogP contribution in [0.25, 0.3) is 0 Å². The van der Waals surface area contributed by atoms with E-state index in [4.69, 9.17) is 5.26 Å². The maximum atomic E-state index is 12.2. The Kier molecular flexibility index (Phi) is 4.24. The lowest BCUT2D eigenvalue weighted by Crippen LogP contribution is -2.14. The van der Waals surface area contributed by atoms with Gasteiger partial charge in [0.05, 0.1) is 11.6 Å². The molecule has 0 heterocycles. The average Bonchev–Trinajstić information content (AvgIpc) is 2.49. The molecule has 0 unspecified atom stereocenters. The highest BCUT2D eigenvalue weighted by Crippen LogP contribution is 2.22. The van der Waals surface area contributed by atoms with Crippen LogP contribution in [0.5, 0.6) is 0 Å². The van der Waals surface area contributed by atoms with Crippen LogP contribution in [-0.4, -0.2) is 20.0 Å². The van der Waals surface area contributed by atoms with Gasteiger partial charge in [0.25, 0.3) is 5.91 Å². The van der Waals surface area contributed by atoms with Gasteiger partial charge in [0.15, 0.2) is 0 Å². The Morgan fingerprint density at radius 3 is 2.38 bits per heavy atom. The molecule has 0 aromatic heterocycles. The number of hydrogen-bond donors (Lipinski definition) is 1. The molecular weight excluding hydrogens is 262 g/mol. The summed E-state index contributed by atoms with van der Waals surface area (Å²) in [4.78, 5) is 14.2. The molecule has 0 bridgehead atoms. The van der Waals surface area contributed by atoms with E-state index in [1.807, 2.05) is 50.2 Å². The molecule has 4 nitrogen and oxygen atoms in total. The number of anilines is 2. The van der Waals surface area contributed by atoms with E-state index in [9.17, 15) is 4.79 Å². The van der Waals surface area contributed by atoms with Gasteiger partial charge in [0.1, 0.15) is 0 Å². The number of nitrogens with zero attached hydrogens (tertiary/aromatic N) is 2. The zero-order valence-corrected chi connectivity index (χ0v) is 12.3. The van der Waals surface area contributed by atoms with Crippen LogP contribution in [-0.2, 0) is 0 Å². The Bertz CT molecular complexity index is 697. The van der Waals surface area contributed by atoms with Crippen molar-refractivity contribution >= 4 is 17.3 Å². The quantitative estimate of drug-likeness (QED) is 0.938. The van der Waals surface area contributed by atoms with E-state index in [1.165, 1.54) is 0 Å². The Labute approximate surface area is 124 Å². The topological polar surface area (TPSA) is 56.1 Å². The van der Waals surface area contributed by atoms with Gasteiger partial charge >= 0.3 is 0 Å². The van der Waals surface area contributed by atoms with E-state index < -0.39 is 0 Å². The zero-order valence-electron chi connectivity index (χ0n) is 12.3. The first kappa shape index (κ1) is 14.6. The number of benzene rings is 2. The zero-order chi connectivity index (χ0) is 15.4. The largest absolute Gasteiger partial charge is 0.377 e. The van der Waals surface area contributed by atoms with Crippen molar-refractivity contribution in [1.29, 1.82) is 5.26 Å². The number of carbonyl (C=O) groups is 1. The molecule has 0 spiro atoms. The molecule has 0 radical (unpaired) electrons. The van der Waals surface area contributed by atoms with Crippen molar-refractivity contribution < 1.29 is 4.79 Å². The molecule has 2 aromatic rings. The molecular formula is C17H17N3O. The smallest absolute Gasteiger partial charge is 0.255 e. The van der Waals surface area contributed by atoms with Gasteiger partial charge in [-0.1, -0.05) is 6.07 Å². The molecule has 2 rings (SSSR count). The van der Waals surface area contributed by atoms with Gasteiger partial charge in [-0.25, -0.2) is 0 Å². The van der Waals surface area contributed by atoms with Gasteiger partial charge in [-0.3, -0.25) is 4.79 Å². The van der Waals surface area contributed by atoms with Crippen LogP contribution in [0.15, 0.2) is 42.5 Å². The van der Waals surface area contributed by atoms with Crippen molar-refractivity contribution in [2.45, 2.75) is 6.92 Å². The van der Waals surface area contributed by atoms with Crippen molar-refractivity contribution in [3.8, 4) is 6.07 Å². The summed E-state index contributed by atoms with van der Waals surface area (Å²) < 4.78 is 0. The first-order chi connectivity index (χ1) is 10.0. The fourth-order valence-electron chi connectivity index (χ4n) is 2.07. The van der Waals surface area contributed by atoms with E-state index in [0.29, 0.717) is 11.1 Å². The number of nitrogens with one attached hydrogen (secondary N) is 1. The van der Waals surface area contributed by atoms with Gasteiger partial charge in [0.2, 0.25) is 0 Å². The van der Waals surface area contributed by atoms with Crippen LogP contribution in [0.3, 0.4) is 0 Å². The molecule has 0 aliphatic carbocycles. The highest BCUT2D eigenvalue weighted by atomic mass is 16.1. The summed E-state index contributed by atoms with van der Waals surface area (Å²) >= 11 is 0. The van der Waals surface area contributed by atoms with E-state index in [0.717, 1.165) is 16.9 Å². The lowest BCUT2D eigenvalue weighted by atomic mass is 10.1. The minimum atomic E-state index is -0.187. The molecule has 2 aromatic carbocycles. The predicted molar refractivity (Wildman–Crippen MR) is 84.6 cm³/mol. The fourth-order valence-corrected chi connectivity index (χ4v) is 2.07. The van der Waals surface area contributed by atoms with Crippen LogP contribution in [0.4, 0.5) is 11.4 Å². The summed E-state index contributed by atoms with van der Waals surface area (Å²) in [6.07, 6.45) is 0. The number of amides is 1. The molecule has 4 heteroatoms. The molecule has 21 heavy (non-hydrogen) atoms. The summed E-state index contributed by atoms with van der Waals surface area (Å²) in [5, 5.41) is 11.6. The minimum Gasteiger partial charge on any atom is -0.377 e. The van der Waals surface area contributed by atoms with Crippen LogP contribution < -0.4 is 10.2 Å². The second-order valence-corrected chi connectivity index (χ2v) is 5.04. The minimum absolute atomic E-state index is 0.187. The van der Waals surface area contributed by atoms with Crippen molar-refractivity contribution in [2.24, 2.45) is 0 Å². The maximum absolute atomic E-state index is 12.2. The monoisotopic (exact) mass is 279 g/mol. The average molecular weight is 279 g/mol. The summed E-state index contributed by atoms with van der Waals surface area (Å²) in [5.74, 6) is -0.187. The second-order valence-electron chi connectivity index (χ2n) is 5.04. The molecule has 0 fully saturated rings. The van der Waals surface area contributed by atoms with Gasteiger partial charge < -0.3 is 10.2 Å². The van der Waals surface area contributed by atoms with Crippen molar-refractivity contribution in [3.63, 3.8) is 0 Å². The predicted octanol–water partition coefficient (Wildman–Crippen LogP) is 3.19. The molecule has 0 atom stereocenters. The van der Waals surface area contributed by atoms with Crippen LogP contribution >= 0.6 is 0 Å². The number of carbonyl (C=O) groups excluding carboxylic acids is 1. The highest BCUT2D eigenvalue weighted by Gasteiger charge is 2.08. The lowest BCUT2D eigenvalue weighted by Gasteiger charge is -2.17. The van der Waals surface area contributed by atoms with Gasteiger partial charge in [-0.15, -0.1) is 0 Å². The second kappa shape index (κ2) is 6.10. The van der Waals surface area contributed by atoms with Crippen LogP contribution in [0.1, 0.15) is 21.5 Å². The SMILES string of the molecule is Cc1ccc(NC(=O)c2ccc(C#N)cc2)cc1N(C)C. The van der Waals surface area contributed by atoms with E-state index in [2.05, 4.69) is 5.32 Å². The maximum Gasteiger partial charge on any atom is 0.255 e. The molecule has 0 saturated carbocycles. The summed E-state index contributed by atoms with van der Waals surface area (Å²) in [6.45, 7) is 2.03. The Morgan fingerprint density at radius 2 is 1.81 bits per heavy atom. The van der Waals surface area contributed by atoms with E-state index in [1.54, 1.807) is 24.3 Å². The summed E-state index contributed by atoms with van der Waals surface area (Å²) in [6, 6.07) is 14.4. The fraction of sp³-hybridized carbons (Fsp3) is 0.176. The lowest BCUT2D eigenvalue weighted by molar-refractivity contribution is 0.102. The molecule has 1 amide bonds. The van der Waals surface area contributed by atoms with Gasteiger partial charge in [-0.05, 0) is 48.9 Å². The highest BCUT2D eigenvalue weighted by molar-refractivity contribution is 6.04. The van der Waals surface area contributed by atoms with Crippen LogP contribution in [0.2, 0.25) is 0 Å². The summed E-state index contributed by atoms with van der Waals surface area (Å²) in [5.41, 5.74) is 4.03. The molecule has 0 aliphatic rings. The Hall–Kier alpha value is -2.80. The number of rotatable bonds is 3. The molecule has 106 valence electrons. The third-order valence-electron chi connectivity index (χ3n) is 3.22. The van der Waals surface area contributed by atoms with E-state index in [-0.39, 0.29) is 5.91 Å². The third kappa shape index (κ3) is 3.40. The standard InChI is InChI=1S/C17H17N3O/c1-12-4-9-15(10-16(12)20(2)3)19-17(21)14-7-5-13(11-18)6-8-14/h4-10H,1-3H3,(H,19,21). The summed E-state index contributed by atoms with van der Waals surface area (Å²) in [7, 11) is 3.93. The van der Waals surface area contributed by atoms with Crippen molar-refractivity contribution in [1.82, 2.24) is 0 Å². The van der Waals surface area contributed by atoms with Crippen molar-refractivity contribution in [3.05, 3.63) is 59.2 Å². The normalized spacial score (nSPS) is 9.81. The Morgan fingerprint density at radius 1 is 1.14 bits per heavy atom. The first-order valence-electron chi connectivity index (χ1n) is 6.61. The van der Waals surface area contributed by atoms with Gasteiger partial charge in [-0.2, -0.15) is 5.26 Å². The molecule has 1 N–H and O–H groups in total. The number of aryl methyl sites for hydroxylation is 1. The Balaban J connectivity index is 2.19. The van der Waals surface area contributed by atoms with Crippen LogP contribution in [0, 0.1) is 18.3 Å². The first-order valence-corrected chi connectivity index (χ1v) is 6.61.